The zero-order valence-electron chi connectivity index (χ0n) is 17.9. The van der Waals surface area contributed by atoms with E-state index in [1.54, 1.807) is 65.6 Å². The molecule has 0 aliphatic carbocycles. The first kappa shape index (κ1) is 20.7. The Balaban J connectivity index is 1.76. The Morgan fingerprint density at radius 2 is 1.67 bits per heavy atom. The van der Waals surface area contributed by atoms with Gasteiger partial charge >= 0.3 is 6.03 Å². The van der Waals surface area contributed by atoms with Crippen molar-refractivity contribution in [3.8, 4) is 6.07 Å². The predicted molar refractivity (Wildman–Crippen MR) is 123 cm³/mol. The van der Waals surface area contributed by atoms with Crippen molar-refractivity contribution in [2.75, 3.05) is 23.0 Å². The van der Waals surface area contributed by atoms with Gasteiger partial charge in [-0.05, 0) is 55.0 Å². The second-order valence-electron chi connectivity index (χ2n) is 8.31. The SMILES string of the molecule is [C-]#[N+]c1cccc(C2(O)N(c3ccc(C)cc3)C(=O)N(c3ccc(C#N)cc3)C23COC3)c1. The third kappa shape index (κ3) is 2.84. The lowest BCUT2D eigenvalue weighted by Crippen LogP contribution is -2.70. The molecule has 2 heterocycles. The Morgan fingerprint density at radius 3 is 2.24 bits per heavy atom. The van der Waals surface area contributed by atoms with Crippen LogP contribution in [0.25, 0.3) is 4.85 Å². The summed E-state index contributed by atoms with van der Waals surface area (Å²) >= 11 is 0. The average Bonchev–Trinajstić information content (AvgIpc) is 3.04. The molecule has 5 rings (SSSR count). The van der Waals surface area contributed by atoms with Crippen LogP contribution < -0.4 is 9.80 Å². The smallest absolute Gasteiger partial charge is 0.332 e. The minimum Gasteiger partial charge on any atom is -0.376 e. The molecular formula is C26H20N4O3. The quantitative estimate of drug-likeness (QED) is 0.614. The van der Waals surface area contributed by atoms with Crippen LogP contribution in [0.2, 0.25) is 0 Å². The first-order valence-electron chi connectivity index (χ1n) is 10.4. The van der Waals surface area contributed by atoms with E-state index in [0.717, 1.165) is 5.56 Å². The third-order valence-corrected chi connectivity index (χ3v) is 6.39. The van der Waals surface area contributed by atoms with E-state index in [4.69, 9.17) is 11.3 Å². The molecule has 3 aromatic carbocycles. The van der Waals surface area contributed by atoms with Gasteiger partial charge < -0.3 is 9.84 Å². The van der Waals surface area contributed by atoms with Crippen molar-refractivity contribution < 1.29 is 14.6 Å². The maximum atomic E-state index is 14.0. The first-order chi connectivity index (χ1) is 15.9. The highest BCUT2D eigenvalue weighted by Gasteiger charge is 2.72. The van der Waals surface area contributed by atoms with E-state index in [0.29, 0.717) is 28.2 Å². The summed E-state index contributed by atoms with van der Waals surface area (Å²) in [6, 6.07) is 22.4. The zero-order chi connectivity index (χ0) is 23.2. The number of aliphatic hydroxyl groups is 1. The fraction of sp³-hybridized carbons (Fsp3) is 0.192. The molecule has 2 amide bonds. The Kier molecular flexibility index (Phi) is 4.68. The first-order valence-corrected chi connectivity index (χ1v) is 10.4. The summed E-state index contributed by atoms with van der Waals surface area (Å²) in [4.78, 5) is 20.5. The largest absolute Gasteiger partial charge is 0.376 e. The van der Waals surface area contributed by atoms with Crippen molar-refractivity contribution in [1.29, 1.82) is 5.26 Å². The summed E-state index contributed by atoms with van der Waals surface area (Å²) < 4.78 is 5.59. The van der Waals surface area contributed by atoms with Crippen LogP contribution in [-0.2, 0) is 10.5 Å². The van der Waals surface area contributed by atoms with Crippen molar-refractivity contribution in [2.24, 2.45) is 0 Å². The van der Waals surface area contributed by atoms with Crippen LogP contribution in [0.3, 0.4) is 0 Å². The summed E-state index contributed by atoms with van der Waals surface area (Å²) in [5.74, 6) is 0. The molecule has 7 nitrogen and oxygen atoms in total. The summed E-state index contributed by atoms with van der Waals surface area (Å²) in [6.45, 7) is 9.60. The van der Waals surface area contributed by atoms with Gasteiger partial charge in [0, 0.05) is 11.4 Å². The Bertz CT molecular complexity index is 1320. The molecular weight excluding hydrogens is 416 g/mol. The molecule has 2 aliphatic heterocycles. The number of aryl methyl sites for hydroxylation is 1. The molecule has 0 saturated carbocycles. The number of anilines is 2. The van der Waals surface area contributed by atoms with Crippen LogP contribution in [0.1, 0.15) is 16.7 Å². The second-order valence-corrected chi connectivity index (χ2v) is 8.31. The number of benzene rings is 3. The normalized spacial score (nSPS) is 20.9. The molecule has 7 heteroatoms. The van der Waals surface area contributed by atoms with Crippen LogP contribution in [-0.4, -0.2) is 29.9 Å². The van der Waals surface area contributed by atoms with E-state index in [9.17, 15) is 15.2 Å². The number of carbonyl (C=O) groups excluding carboxylic acids is 1. The summed E-state index contributed by atoms with van der Waals surface area (Å²) in [5.41, 5.74) is 0.458. The number of nitriles is 1. The van der Waals surface area contributed by atoms with Gasteiger partial charge in [-0.1, -0.05) is 35.9 Å². The lowest BCUT2D eigenvalue weighted by Gasteiger charge is -2.51. The Hall–Kier alpha value is -4.17. The third-order valence-electron chi connectivity index (χ3n) is 6.39. The van der Waals surface area contributed by atoms with E-state index < -0.39 is 17.3 Å². The summed E-state index contributed by atoms with van der Waals surface area (Å²) in [5, 5.41) is 21.6. The molecule has 1 N–H and O–H groups in total. The number of rotatable bonds is 3. The average molecular weight is 436 g/mol. The van der Waals surface area contributed by atoms with Crippen molar-refractivity contribution in [3.63, 3.8) is 0 Å². The van der Waals surface area contributed by atoms with Crippen molar-refractivity contribution in [1.82, 2.24) is 0 Å². The van der Waals surface area contributed by atoms with E-state index in [-0.39, 0.29) is 13.2 Å². The number of hydrogen-bond acceptors (Lipinski definition) is 4. The number of amides is 2. The number of hydrogen-bond donors (Lipinski definition) is 1. The van der Waals surface area contributed by atoms with E-state index in [1.807, 2.05) is 19.1 Å². The maximum absolute atomic E-state index is 14.0. The van der Waals surface area contributed by atoms with Crippen LogP contribution >= 0.6 is 0 Å². The second kappa shape index (κ2) is 7.46. The highest BCUT2D eigenvalue weighted by atomic mass is 16.5. The Labute approximate surface area is 191 Å². The lowest BCUT2D eigenvalue weighted by atomic mass is 9.78. The summed E-state index contributed by atoms with van der Waals surface area (Å²) in [7, 11) is 0. The van der Waals surface area contributed by atoms with Gasteiger partial charge in [0.25, 0.3) is 0 Å². The number of carbonyl (C=O) groups is 1. The highest BCUT2D eigenvalue weighted by Crippen LogP contribution is 2.54. The monoisotopic (exact) mass is 436 g/mol. The standard InChI is InChI=1S/C26H20N4O3/c1-18-6-10-23(11-7-18)30-24(31)29(22-12-8-19(15-27)9-13-22)25(16-33-17-25)26(30,32)20-4-3-5-21(14-20)28-2/h3-14,32H,16-17H2,1H3. The molecule has 33 heavy (non-hydrogen) atoms. The fourth-order valence-corrected chi connectivity index (χ4v) is 4.64. The van der Waals surface area contributed by atoms with E-state index >= 15 is 0 Å². The number of urea groups is 1. The fourth-order valence-electron chi connectivity index (χ4n) is 4.64. The number of ether oxygens (including phenoxy) is 1. The van der Waals surface area contributed by atoms with Crippen molar-refractivity contribution >= 4 is 23.1 Å². The molecule has 0 aromatic heterocycles. The van der Waals surface area contributed by atoms with Gasteiger partial charge in [0.2, 0.25) is 0 Å². The van der Waals surface area contributed by atoms with Gasteiger partial charge in [0.1, 0.15) is 5.54 Å². The molecule has 2 saturated heterocycles. The van der Waals surface area contributed by atoms with Gasteiger partial charge in [0.05, 0.1) is 31.4 Å². The molecule has 162 valence electrons. The van der Waals surface area contributed by atoms with Crippen LogP contribution in [0.5, 0.6) is 0 Å². The topological polar surface area (TPSA) is 81.2 Å². The van der Waals surface area contributed by atoms with E-state index in [1.165, 1.54) is 4.90 Å². The number of nitrogens with zero attached hydrogens (tertiary/aromatic N) is 4. The Morgan fingerprint density at radius 1 is 1.03 bits per heavy atom. The van der Waals surface area contributed by atoms with Gasteiger partial charge in [-0.15, -0.1) is 0 Å². The van der Waals surface area contributed by atoms with Crippen LogP contribution in [0.4, 0.5) is 21.9 Å². The van der Waals surface area contributed by atoms with Crippen molar-refractivity contribution in [3.05, 3.63) is 101 Å². The van der Waals surface area contributed by atoms with Crippen LogP contribution in [0.15, 0.2) is 72.8 Å². The molecule has 0 radical (unpaired) electrons. The molecule has 1 atom stereocenters. The molecule has 2 aliphatic rings. The van der Waals surface area contributed by atoms with Crippen LogP contribution in [0, 0.1) is 24.8 Å². The van der Waals surface area contributed by atoms with Gasteiger partial charge in [-0.3, -0.25) is 9.80 Å². The minimum absolute atomic E-state index is 0.111. The molecule has 1 spiro atoms. The highest BCUT2D eigenvalue weighted by molar-refractivity contribution is 6.10. The van der Waals surface area contributed by atoms with Crippen molar-refractivity contribution in [2.45, 2.75) is 18.2 Å². The molecule has 2 fully saturated rings. The predicted octanol–water partition coefficient (Wildman–Crippen LogP) is 4.48. The van der Waals surface area contributed by atoms with Gasteiger partial charge in [0.15, 0.2) is 11.4 Å². The lowest BCUT2D eigenvalue weighted by molar-refractivity contribution is -0.153. The minimum atomic E-state index is -1.80. The van der Waals surface area contributed by atoms with E-state index in [2.05, 4.69) is 10.9 Å². The zero-order valence-corrected chi connectivity index (χ0v) is 17.9. The molecule has 3 aromatic rings. The van der Waals surface area contributed by atoms with Gasteiger partial charge in [-0.2, -0.15) is 5.26 Å². The molecule has 0 bridgehead atoms. The van der Waals surface area contributed by atoms with Gasteiger partial charge in [-0.25, -0.2) is 9.64 Å². The summed E-state index contributed by atoms with van der Waals surface area (Å²) in [6.07, 6.45) is 0. The maximum Gasteiger partial charge on any atom is 0.332 e. The molecule has 1 unspecified atom stereocenters.